The van der Waals surface area contributed by atoms with E-state index in [1.165, 1.54) is 17.0 Å². The molecule has 0 radical (unpaired) electrons. The van der Waals surface area contributed by atoms with Gasteiger partial charge in [0.1, 0.15) is 0 Å². The predicted molar refractivity (Wildman–Crippen MR) is 67.5 cm³/mol. The number of carbonyl (C=O) groups excluding carboxylic acids is 1. The predicted octanol–water partition coefficient (Wildman–Crippen LogP) is 0.134. The zero-order chi connectivity index (χ0) is 14.7. The van der Waals surface area contributed by atoms with Crippen molar-refractivity contribution in [2.24, 2.45) is 0 Å². The first kappa shape index (κ1) is 14.2. The van der Waals surface area contributed by atoms with Crippen LogP contribution in [0.1, 0.15) is 10.4 Å². The molecular formula is C12H14N2O6. The molecule has 2 rings (SSSR count). The van der Waals surface area contributed by atoms with E-state index in [9.17, 15) is 25.1 Å². The van der Waals surface area contributed by atoms with Crippen molar-refractivity contribution in [3.63, 3.8) is 0 Å². The standard InChI is InChI=1S/C12H14N2O6/c15-6-8-7-20-5-4-13(8)12(17)9-2-1-3-10(11(9)16)14(18)19/h1-3,8,15-16H,4-7H2. The van der Waals surface area contributed by atoms with E-state index in [1.807, 2.05) is 0 Å². The highest BCUT2D eigenvalue weighted by atomic mass is 16.6. The SMILES string of the molecule is O=C(c1cccc([N+](=O)[O-])c1O)N1CCOCC1CO. The monoisotopic (exact) mass is 282 g/mol. The Morgan fingerprint density at radius 1 is 1.55 bits per heavy atom. The minimum atomic E-state index is -0.755. The average Bonchev–Trinajstić information content (AvgIpc) is 2.46. The molecule has 1 aliphatic heterocycles. The fraction of sp³-hybridized carbons (Fsp3) is 0.417. The lowest BCUT2D eigenvalue weighted by Gasteiger charge is -2.34. The second-order valence-electron chi connectivity index (χ2n) is 4.34. The van der Waals surface area contributed by atoms with Gasteiger partial charge in [0.15, 0.2) is 0 Å². The molecule has 0 saturated carbocycles. The normalized spacial score (nSPS) is 18.9. The van der Waals surface area contributed by atoms with E-state index in [0.717, 1.165) is 6.07 Å². The van der Waals surface area contributed by atoms with Crippen molar-refractivity contribution in [1.29, 1.82) is 0 Å². The highest BCUT2D eigenvalue weighted by Crippen LogP contribution is 2.30. The number of hydrogen-bond acceptors (Lipinski definition) is 6. The average molecular weight is 282 g/mol. The third-order valence-corrected chi connectivity index (χ3v) is 3.14. The Morgan fingerprint density at radius 2 is 2.30 bits per heavy atom. The van der Waals surface area contributed by atoms with Crippen molar-refractivity contribution in [3.8, 4) is 5.75 Å². The number of carbonyl (C=O) groups is 1. The van der Waals surface area contributed by atoms with Crippen LogP contribution in [0.3, 0.4) is 0 Å². The Hall–Kier alpha value is -2.19. The molecule has 1 aliphatic rings. The fourth-order valence-corrected chi connectivity index (χ4v) is 2.08. The van der Waals surface area contributed by atoms with Crippen LogP contribution in [-0.2, 0) is 4.74 Å². The van der Waals surface area contributed by atoms with E-state index in [1.54, 1.807) is 0 Å². The molecule has 0 aromatic heterocycles. The van der Waals surface area contributed by atoms with Gasteiger partial charge >= 0.3 is 5.69 Å². The summed E-state index contributed by atoms with van der Waals surface area (Å²) in [6.07, 6.45) is 0. The second kappa shape index (κ2) is 5.85. The quantitative estimate of drug-likeness (QED) is 0.602. The molecule has 1 saturated heterocycles. The van der Waals surface area contributed by atoms with Crippen LogP contribution in [0.25, 0.3) is 0 Å². The molecule has 8 nitrogen and oxygen atoms in total. The van der Waals surface area contributed by atoms with Gasteiger partial charge in [-0.25, -0.2) is 0 Å². The first-order chi connectivity index (χ1) is 9.56. The van der Waals surface area contributed by atoms with Crippen molar-refractivity contribution < 1.29 is 24.7 Å². The van der Waals surface area contributed by atoms with Crippen LogP contribution in [-0.4, -0.2) is 58.4 Å². The van der Waals surface area contributed by atoms with Crippen LogP contribution < -0.4 is 0 Å². The summed E-state index contributed by atoms with van der Waals surface area (Å²) >= 11 is 0. The summed E-state index contributed by atoms with van der Waals surface area (Å²) in [4.78, 5) is 23.7. The first-order valence-corrected chi connectivity index (χ1v) is 6.02. The van der Waals surface area contributed by atoms with Crippen LogP contribution in [0.4, 0.5) is 5.69 Å². The van der Waals surface area contributed by atoms with Crippen LogP contribution in [0.5, 0.6) is 5.75 Å². The number of nitrogens with zero attached hydrogens (tertiary/aromatic N) is 2. The van der Waals surface area contributed by atoms with Gasteiger partial charge in [0.25, 0.3) is 5.91 Å². The molecule has 1 aromatic carbocycles. The smallest absolute Gasteiger partial charge is 0.311 e. The summed E-state index contributed by atoms with van der Waals surface area (Å²) < 4.78 is 5.16. The Kier molecular flexibility index (Phi) is 4.16. The van der Waals surface area contributed by atoms with Gasteiger partial charge in [-0.3, -0.25) is 14.9 Å². The van der Waals surface area contributed by atoms with Gasteiger partial charge in [-0.05, 0) is 6.07 Å². The number of phenolic OH excluding ortho intramolecular Hbond substituents is 1. The number of aromatic hydroxyl groups is 1. The third kappa shape index (κ3) is 2.56. The summed E-state index contributed by atoms with van der Waals surface area (Å²) in [5.74, 6) is -1.22. The summed E-state index contributed by atoms with van der Waals surface area (Å²) in [5, 5.41) is 29.8. The Balaban J connectivity index is 2.33. The number of nitro benzene ring substituents is 1. The zero-order valence-corrected chi connectivity index (χ0v) is 10.6. The first-order valence-electron chi connectivity index (χ1n) is 6.02. The van der Waals surface area contributed by atoms with Crippen molar-refractivity contribution in [2.75, 3.05) is 26.4 Å². The molecule has 108 valence electrons. The molecule has 1 heterocycles. The Morgan fingerprint density at radius 3 is 2.95 bits per heavy atom. The molecule has 1 atom stereocenters. The second-order valence-corrected chi connectivity index (χ2v) is 4.34. The lowest BCUT2D eigenvalue weighted by atomic mass is 10.1. The lowest BCUT2D eigenvalue weighted by molar-refractivity contribution is -0.385. The highest BCUT2D eigenvalue weighted by molar-refractivity contribution is 5.98. The van der Waals surface area contributed by atoms with E-state index >= 15 is 0 Å². The molecule has 0 spiro atoms. The van der Waals surface area contributed by atoms with E-state index < -0.39 is 28.3 Å². The fourth-order valence-electron chi connectivity index (χ4n) is 2.08. The molecule has 0 aliphatic carbocycles. The number of rotatable bonds is 3. The molecule has 1 fully saturated rings. The van der Waals surface area contributed by atoms with Gasteiger partial charge in [-0.15, -0.1) is 0 Å². The van der Waals surface area contributed by atoms with Crippen molar-refractivity contribution >= 4 is 11.6 Å². The van der Waals surface area contributed by atoms with Gasteiger partial charge in [-0.1, -0.05) is 6.07 Å². The van der Waals surface area contributed by atoms with Crippen LogP contribution in [0, 0.1) is 10.1 Å². The van der Waals surface area contributed by atoms with Gasteiger partial charge in [0.2, 0.25) is 5.75 Å². The molecule has 1 aromatic rings. The van der Waals surface area contributed by atoms with Crippen molar-refractivity contribution in [2.45, 2.75) is 6.04 Å². The van der Waals surface area contributed by atoms with Gasteiger partial charge < -0.3 is 19.8 Å². The van der Waals surface area contributed by atoms with Gasteiger partial charge in [-0.2, -0.15) is 0 Å². The van der Waals surface area contributed by atoms with E-state index in [-0.39, 0.29) is 25.3 Å². The van der Waals surface area contributed by atoms with Crippen molar-refractivity contribution in [1.82, 2.24) is 4.90 Å². The minimum absolute atomic E-state index is 0.153. The summed E-state index contributed by atoms with van der Waals surface area (Å²) in [7, 11) is 0. The highest BCUT2D eigenvalue weighted by Gasteiger charge is 2.30. The maximum absolute atomic E-state index is 12.3. The van der Waals surface area contributed by atoms with Crippen molar-refractivity contribution in [3.05, 3.63) is 33.9 Å². The molecular weight excluding hydrogens is 268 g/mol. The molecule has 1 unspecified atom stereocenters. The number of hydrogen-bond donors (Lipinski definition) is 2. The Bertz CT molecular complexity index is 533. The van der Waals surface area contributed by atoms with E-state index in [4.69, 9.17) is 4.74 Å². The van der Waals surface area contributed by atoms with E-state index in [0.29, 0.717) is 6.61 Å². The molecule has 0 bridgehead atoms. The molecule has 1 amide bonds. The summed E-state index contributed by atoms with van der Waals surface area (Å²) in [5.41, 5.74) is -0.677. The van der Waals surface area contributed by atoms with E-state index in [2.05, 4.69) is 0 Å². The summed E-state index contributed by atoms with van der Waals surface area (Å²) in [6, 6.07) is 3.25. The topological polar surface area (TPSA) is 113 Å². The van der Waals surface area contributed by atoms with Crippen LogP contribution in [0.15, 0.2) is 18.2 Å². The maximum Gasteiger partial charge on any atom is 0.311 e. The molecule has 20 heavy (non-hydrogen) atoms. The van der Waals surface area contributed by atoms with Gasteiger partial charge in [0, 0.05) is 12.6 Å². The molecule has 8 heteroatoms. The number of benzene rings is 1. The number of phenols is 1. The zero-order valence-electron chi connectivity index (χ0n) is 10.6. The number of nitro groups is 1. The minimum Gasteiger partial charge on any atom is -0.502 e. The number of morpholine rings is 1. The van der Waals surface area contributed by atoms with Crippen LogP contribution >= 0.6 is 0 Å². The van der Waals surface area contributed by atoms with Gasteiger partial charge in [0.05, 0.1) is 36.3 Å². The Labute approximate surface area is 114 Å². The number of para-hydroxylation sites is 1. The number of amides is 1. The number of aliphatic hydroxyl groups is 1. The van der Waals surface area contributed by atoms with Crippen LogP contribution in [0.2, 0.25) is 0 Å². The number of aliphatic hydroxyl groups excluding tert-OH is 1. The maximum atomic E-state index is 12.3. The summed E-state index contributed by atoms with van der Waals surface area (Å²) in [6.45, 7) is 0.490. The largest absolute Gasteiger partial charge is 0.502 e. The number of ether oxygens (including phenoxy) is 1. The third-order valence-electron chi connectivity index (χ3n) is 3.14. The lowest BCUT2D eigenvalue weighted by Crippen LogP contribution is -2.50. The molecule has 2 N–H and O–H groups in total.